The van der Waals surface area contributed by atoms with Crippen LogP contribution in [0.25, 0.3) is 0 Å². The van der Waals surface area contributed by atoms with Gasteiger partial charge in [-0.3, -0.25) is 9.78 Å². The predicted molar refractivity (Wildman–Crippen MR) is 142 cm³/mol. The highest BCUT2D eigenvalue weighted by Gasteiger charge is 2.35. The Kier molecular flexibility index (Phi) is 10.5. The molecule has 0 spiro atoms. The van der Waals surface area contributed by atoms with Gasteiger partial charge in [-0.05, 0) is 56.4 Å². The molecule has 1 aliphatic heterocycles. The molecule has 0 saturated carbocycles. The van der Waals surface area contributed by atoms with Gasteiger partial charge in [0, 0.05) is 21.4 Å². The Labute approximate surface area is 214 Å². The molecule has 6 heteroatoms. The molecule has 0 fully saturated rings. The van der Waals surface area contributed by atoms with Crippen LogP contribution in [0.5, 0.6) is 5.75 Å². The molecule has 0 unspecified atom stereocenters. The third-order valence-electron chi connectivity index (χ3n) is 6.76. The van der Waals surface area contributed by atoms with E-state index in [1.54, 1.807) is 19.3 Å². The van der Waals surface area contributed by atoms with E-state index < -0.39 is 0 Å². The maximum Gasteiger partial charge on any atom is 0.311 e. The fourth-order valence-corrected chi connectivity index (χ4v) is 5.52. The van der Waals surface area contributed by atoms with Crippen LogP contribution in [-0.4, -0.2) is 34.9 Å². The van der Waals surface area contributed by atoms with E-state index in [9.17, 15) is 4.79 Å². The molecular formula is C29H38N2O3S. The Bertz CT molecular complexity index is 1040. The summed E-state index contributed by atoms with van der Waals surface area (Å²) in [6, 6.07) is 4.46. The number of benzene rings is 1. The van der Waals surface area contributed by atoms with Crippen molar-refractivity contribution in [3.8, 4) is 17.6 Å². The standard InChI is InChI=1S/C29H38N2O3S/c1-5-9-10-11-16-35-27-19-26-25(29(6-2,7-3)14-15-34-26)17-22(27)12-13-23-20-31-24(21-30-23)18-28(32)33-8-4/h17,19-21H,5-11,14-16,18H2,1-4H3. The van der Waals surface area contributed by atoms with Gasteiger partial charge in [0.15, 0.2) is 0 Å². The summed E-state index contributed by atoms with van der Waals surface area (Å²) in [7, 11) is 0. The van der Waals surface area contributed by atoms with E-state index in [2.05, 4.69) is 54.7 Å². The molecule has 0 atom stereocenters. The molecule has 1 aromatic carbocycles. The predicted octanol–water partition coefficient (Wildman–Crippen LogP) is 6.49. The summed E-state index contributed by atoms with van der Waals surface area (Å²) in [6.45, 7) is 9.70. The highest BCUT2D eigenvalue weighted by Crippen LogP contribution is 2.46. The minimum absolute atomic E-state index is 0.119. The van der Waals surface area contributed by atoms with Crippen molar-refractivity contribution in [2.45, 2.75) is 89.4 Å². The van der Waals surface area contributed by atoms with Crippen molar-refractivity contribution in [1.29, 1.82) is 0 Å². The van der Waals surface area contributed by atoms with E-state index in [0.29, 0.717) is 18.0 Å². The number of carbonyl (C=O) groups excluding carboxylic acids is 1. The molecule has 5 nitrogen and oxygen atoms in total. The van der Waals surface area contributed by atoms with Gasteiger partial charge in [0.2, 0.25) is 0 Å². The molecule has 0 aliphatic carbocycles. The molecular weight excluding hydrogens is 456 g/mol. The van der Waals surface area contributed by atoms with Crippen LogP contribution in [0.2, 0.25) is 0 Å². The van der Waals surface area contributed by atoms with Crippen LogP contribution in [0.1, 0.15) is 95.2 Å². The number of rotatable bonds is 11. The molecule has 0 radical (unpaired) electrons. The number of aromatic nitrogens is 2. The molecule has 0 saturated heterocycles. The van der Waals surface area contributed by atoms with Crippen LogP contribution in [0, 0.1) is 11.8 Å². The summed E-state index contributed by atoms with van der Waals surface area (Å²) in [6.07, 6.45) is 11.5. The Morgan fingerprint density at radius 3 is 2.60 bits per heavy atom. The Balaban J connectivity index is 1.88. The third kappa shape index (κ3) is 7.24. The van der Waals surface area contributed by atoms with Gasteiger partial charge in [0.1, 0.15) is 11.4 Å². The normalized spacial score (nSPS) is 13.8. The van der Waals surface area contributed by atoms with Crippen molar-refractivity contribution in [3.63, 3.8) is 0 Å². The summed E-state index contributed by atoms with van der Waals surface area (Å²) in [5, 5.41) is 0. The average Bonchev–Trinajstić information content (AvgIpc) is 2.87. The first-order valence-corrected chi connectivity index (χ1v) is 14.0. The number of hydrogen-bond acceptors (Lipinski definition) is 6. The Hall–Kier alpha value is -2.52. The van der Waals surface area contributed by atoms with Crippen LogP contribution < -0.4 is 4.74 Å². The van der Waals surface area contributed by atoms with Gasteiger partial charge in [-0.1, -0.05) is 46.0 Å². The molecule has 188 valence electrons. The summed E-state index contributed by atoms with van der Waals surface area (Å²) in [5.41, 5.74) is 3.62. The van der Waals surface area contributed by atoms with Gasteiger partial charge in [-0.25, -0.2) is 4.98 Å². The number of esters is 1. The van der Waals surface area contributed by atoms with Gasteiger partial charge in [-0.2, -0.15) is 0 Å². The molecule has 2 heterocycles. The Morgan fingerprint density at radius 1 is 1.09 bits per heavy atom. The number of ether oxygens (including phenoxy) is 2. The number of nitrogens with zero attached hydrogens (tertiary/aromatic N) is 2. The largest absolute Gasteiger partial charge is 0.493 e. The zero-order chi connectivity index (χ0) is 25.1. The first kappa shape index (κ1) is 27.1. The second-order valence-electron chi connectivity index (χ2n) is 8.96. The number of carbonyl (C=O) groups is 1. The lowest BCUT2D eigenvalue weighted by atomic mass is 9.71. The number of hydrogen-bond donors (Lipinski definition) is 0. The summed E-state index contributed by atoms with van der Waals surface area (Å²) in [4.78, 5) is 21.6. The second kappa shape index (κ2) is 13.5. The minimum Gasteiger partial charge on any atom is -0.493 e. The highest BCUT2D eigenvalue weighted by atomic mass is 32.2. The van der Waals surface area contributed by atoms with E-state index in [-0.39, 0.29) is 17.8 Å². The van der Waals surface area contributed by atoms with E-state index in [4.69, 9.17) is 9.47 Å². The van der Waals surface area contributed by atoms with E-state index in [1.165, 1.54) is 36.1 Å². The molecule has 0 N–H and O–H groups in total. The monoisotopic (exact) mass is 494 g/mol. The topological polar surface area (TPSA) is 61.3 Å². The lowest BCUT2D eigenvalue weighted by molar-refractivity contribution is -0.142. The van der Waals surface area contributed by atoms with Gasteiger partial charge in [0.25, 0.3) is 0 Å². The first-order valence-electron chi connectivity index (χ1n) is 13.0. The van der Waals surface area contributed by atoms with Gasteiger partial charge in [-0.15, -0.1) is 11.8 Å². The first-order chi connectivity index (χ1) is 17.0. The molecule has 0 bridgehead atoms. The smallest absolute Gasteiger partial charge is 0.311 e. The third-order valence-corrected chi connectivity index (χ3v) is 7.90. The summed E-state index contributed by atoms with van der Waals surface area (Å²) in [5.74, 6) is 8.36. The van der Waals surface area contributed by atoms with Gasteiger partial charge < -0.3 is 9.47 Å². The SMILES string of the molecule is CCCCCCSc1cc2c(cc1C#Cc1cnc(CC(=O)OCC)cn1)C(CC)(CC)CCO2. The number of unbranched alkanes of at least 4 members (excludes halogenated alkanes) is 3. The number of fused-ring (bicyclic) bond motifs is 1. The van der Waals surface area contributed by atoms with Crippen LogP contribution in [0.15, 0.2) is 29.4 Å². The van der Waals surface area contributed by atoms with Crippen molar-refractivity contribution in [3.05, 3.63) is 47.0 Å². The molecule has 1 aliphatic rings. The van der Waals surface area contributed by atoms with Crippen molar-refractivity contribution >= 4 is 17.7 Å². The molecule has 1 aromatic heterocycles. The molecule has 35 heavy (non-hydrogen) atoms. The van der Waals surface area contributed by atoms with E-state index in [0.717, 1.165) is 42.9 Å². The van der Waals surface area contributed by atoms with Crippen LogP contribution in [-0.2, 0) is 21.4 Å². The van der Waals surface area contributed by atoms with E-state index in [1.807, 2.05) is 11.8 Å². The van der Waals surface area contributed by atoms with Crippen LogP contribution >= 0.6 is 11.8 Å². The van der Waals surface area contributed by atoms with Gasteiger partial charge >= 0.3 is 5.97 Å². The molecule has 0 amide bonds. The fourth-order valence-electron chi connectivity index (χ4n) is 4.50. The van der Waals surface area contributed by atoms with Crippen LogP contribution in [0.4, 0.5) is 0 Å². The lowest BCUT2D eigenvalue weighted by Gasteiger charge is -2.38. The van der Waals surface area contributed by atoms with Crippen molar-refractivity contribution < 1.29 is 14.3 Å². The summed E-state index contributed by atoms with van der Waals surface area (Å²) >= 11 is 1.86. The quantitative estimate of drug-likeness (QED) is 0.154. The molecule has 3 rings (SSSR count). The van der Waals surface area contributed by atoms with E-state index >= 15 is 0 Å². The number of thioether (sulfide) groups is 1. The fraction of sp³-hybridized carbons (Fsp3) is 0.552. The Morgan fingerprint density at radius 2 is 1.91 bits per heavy atom. The lowest BCUT2D eigenvalue weighted by Crippen LogP contribution is -2.32. The summed E-state index contributed by atoms with van der Waals surface area (Å²) < 4.78 is 11.1. The zero-order valence-electron chi connectivity index (χ0n) is 21.6. The minimum atomic E-state index is -0.298. The zero-order valence-corrected chi connectivity index (χ0v) is 22.4. The van der Waals surface area contributed by atoms with Crippen molar-refractivity contribution in [2.75, 3.05) is 19.0 Å². The highest BCUT2D eigenvalue weighted by molar-refractivity contribution is 7.99. The average molecular weight is 495 g/mol. The van der Waals surface area contributed by atoms with Gasteiger partial charge in [0.05, 0.1) is 37.7 Å². The van der Waals surface area contributed by atoms with Crippen molar-refractivity contribution in [1.82, 2.24) is 9.97 Å². The maximum absolute atomic E-state index is 11.7. The molecule has 2 aromatic rings. The van der Waals surface area contributed by atoms with Crippen LogP contribution in [0.3, 0.4) is 0 Å². The van der Waals surface area contributed by atoms with Crippen molar-refractivity contribution in [2.24, 2.45) is 0 Å². The second-order valence-corrected chi connectivity index (χ2v) is 10.1. The maximum atomic E-state index is 11.7.